The predicted molar refractivity (Wildman–Crippen MR) is 121 cm³/mol. The molecule has 2 aromatic carbocycles. The van der Waals surface area contributed by atoms with Crippen molar-refractivity contribution in [2.45, 2.75) is 44.4 Å². The maximum atomic E-state index is 13.2. The van der Waals surface area contributed by atoms with Crippen LogP contribution in [0.4, 0.5) is 5.69 Å². The summed E-state index contributed by atoms with van der Waals surface area (Å²) >= 11 is 3.36. The van der Waals surface area contributed by atoms with E-state index in [9.17, 15) is 13.2 Å². The molecule has 0 aliphatic rings. The van der Waals surface area contributed by atoms with Crippen molar-refractivity contribution in [3.63, 3.8) is 0 Å². The fourth-order valence-electron chi connectivity index (χ4n) is 3.03. The van der Waals surface area contributed by atoms with Crippen molar-refractivity contribution in [1.29, 1.82) is 0 Å². The molecule has 0 aliphatic heterocycles. The molecule has 5 nitrogen and oxygen atoms in total. The first kappa shape index (κ1) is 23.4. The van der Waals surface area contributed by atoms with Crippen LogP contribution in [-0.4, -0.2) is 27.4 Å². The average molecular weight is 481 g/mol. The quantitative estimate of drug-likeness (QED) is 0.493. The minimum atomic E-state index is -3.86. The number of anilines is 1. The number of carbonyl (C=O) groups excluding carboxylic acids is 1. The first-order chi connectivity index (χ1) is 13.9. The van der Waals surface area contributed by atoms with Gasteiger partial charge in [-0.25, -0.2) is 8.42 Å². The maximum Gasteiger partial charge on any atom is 0.264 e. The summed E-state index contributed by atoms with van der Waals surface area (Å²) < 4.78 is 28.4. The molecule has 29 heavy (non-hydrogen) atoms. The molecular formula is C22H29BrN2O3S. The molecule has 0 heterocycles. The van der Waals surface area contributed by atoms with Crippen molar-refractivity contribution in [3.05, 3.63) is 59.1 Å². The number of nitrogens with one attached hydrogen (secondary N) is 1. The van der Waals surface area contributed by atoms with E-state index >= 15 is 0 Å². The molecule has 7 heteroatoms. The Hall–Kier alpha value is -1.86. The van der Waals surface area contributed by atoms with Gasteiger partial charge in [0.2, 0.25) is 5.91 Å². The Labute approximate surface area is 182 Å². The van der Waals surface area contributed by atoms with Crippen LogP contribution in [0.25, 0.3) is 0 Å². The molecule has 1 N–H and O–H groups in total. The second-order valence-electron chi connectivity index (χ2n) is 7.02. The monoisotopic (exact) mass is 480 g/mol. The Bertz CT molecular complexity index is 871. The van der Waals surface area contributed by atoms with Crippen LogP contribution in [0.2, 0.25) is 0 Å². The SMILES string of the molecule is CCCC[C@@H](CC)CNC(=O)CN(c1ccc(Br)cc1)S(=O)(=O)c1ccccc1. The Morgan fingerprint density at radius 3 is 2.31 bits per heavy atom. The van der Waals surface area contributed by atoms with Crippen molar-refractivity contribution in [2.75, 3.05) is 17.4 Å². The summed E-state index contributed by atoms with van der Waals surface area (Å²) in [6, 6.07) is 15.1. The van der Waals surface area contributed by atoms with Crippen LogP contribution in [0, 0.1) is 5.92 Å². The number of carbonyl (C=O) groups is 1. The van der Waals surface area contributed by atoms with Crippen LogP contribution in [0.15, 0.2) is 64.0 Å². The number of sulfonamides is 1. The van der Waals surface area contributed by atoms with Crippen LogP contribution in [0.3, 0.4) is 0 Å². The van der Waals surface area contributed by atoms with Crippen molar-refractivity contribution in [2.24, 2.45) is 5.92 Å². The van der Waals surface area contributed by atoms with E-state index in [2.05, 4.69) is 35.1 Å². The fraction of sp³-hybridized carbons (Fsp3) is 0.409. The molecule has 2 rings (SSSR count). The van der Waals surface area contributed by atoms with Crippen LogP contribution >= 0.6 is 15.9 Å². The van der Waals surface area contributed by atoms with Gasteiger partial charge in [-0.2, -0.15) is 0 Å². The molecule has 0 radical (unpaired) electrons. The topological polar surface area (TPSA) is 66.5 Å². The lowest BCUT2D eigenvalue weighted by Gasteiger charge is -2.25. The highest BCUT2D eigenvalue weighted by Gasteiger charge is 2.27. The van der Waals surface area contributed by atoms with Crippen LogP contribution < -0.4 is 9.62 Å². The molecule has 0 aromatic heterocycles. The summed E-state index contributed by atoms with van der Waals surface area (Å²) in [6.45, 7) is 4.56. The number of amides is 1. The Morgan fingerprint density at radius 2 is 1.72 bits per heavy atom. The molecule has 158 valence electrons. The van der Waals surface area contributed by atoms with Crippen molar-refractivity contribution >= 4 is 37.5 Å². The molecule has 2 aromatic rings. The number of hydrogen-bond acceptors (Lipinski definition) is 3. The summed E-state index contributed by atoms with van der Waals surface area (Å²) in [6.07, 6.45) is 4.30. The zero-order valence-electron chi connectivity index (χ0n) is 17.0. The zero-order valence-corrected chi connectivity index (χ0v) is 19.4. The standard InChI is InChI=1S/C22H29BrN2O3S/c1-3-5-9-18(4-2)16-24-22(26)17-25(20-14-12-19(23)13-15-20)29(27,28)21-10-7-6-8-11-21/h6-8,10-15,18H,3-5,9,16-17H2,1-2H3,(H,24,26)/t18-/m1/s1. The van der Waals surface area contributed by atoms with Gasteiger partial charge in [0.25, 0.3) is 10.0 Å². The molecule has 0 spiro atoms. The first-order valence-corrected chi connectivity index (χ1v) is 12.2. The fourth-order valence-corrected chi connectivity index (χ4v) is 4.74. The molecule has 1 amide bonds. The van der Waals surface area contributed by atoms with Crippen molar-refractivity contribution in [1.82, 2.24) is 5.32 Å². The highest BCUT2D eigenvalue weighted by Crippen LogP contribution is 2.25. The lowest BCUT2D eigenvalue weighted by atomic mass is 9.99. The predicted octanol–water partition coefficient (Wildman–Crippen LogP) is 4.98. The number of halogens is 1. The van der Waals surface area contributed by atoms with E-state index in [4.69, 9.17) is 0 Å². The number of rotatable bonds is 11. The van der Waals surface area contributed by atoms with Gasteiger partial charge in [0, 0.05) is 11.0 Å². The molecule has 0 saturated carbocycles. The van der Waals surface area contributed by atoms with E-state index in [0.717, 1.165) is 34.5 Å². The van der Waals surface area contributed by atoms with Gasteiger partial charge < -0.3 is 5.32 Å². The third kappa shape index (κ3) is 6.85. The Morgan fingerprint density at radius 1 is 1.07 bits per heavy atom. The van der Waals surface area contributed by atoms with E-state index in [1.54, 1.807) is 42.5 Å². The molecule has 0 unspecified atom stereocenters. The molecule has 0 saturated heterocycles. The normalized spacial score (nSPS) is 12.4. The van der Waals surface area contributed by atoms with E-state index in [1.165, 1.54) is 12.1 Å². The molecular weight excluding hydrogens is 452 g/mol. The van der Waals surface area contributed by atoms with E-state index in [-0.39, 0.29) is 17.3 Å². The van der Waals surface area contributed by atoms with Gasteiger partial charge in [-0.05, 0) is 48.7 Å². The summed E-state index contributed by atoms with van der Waals surface area (Å²) in [4.78, 5) is 12.8. The second-order valence-corrected chi connectivity index (χ2v) is 9.80. The van der Waals surface area contributed by atoms with Crippen LogP contribution in [0.1, 0.15) is 39.5 Å². The lowest BCUT2D eigenvalue weighted by molar-refractivity contribution is -0.119. The summed E-state index contributed by atoms with van der Waals surface area (Å²) in [7, 11) is -3.86. The van der Waals surface area contributed by atoms with Gasteiger partial charge in [0.05, 0.1) is 10.6 Å². The largest absolute Gasteiger partial charge is 0.354 e. The van der Waals surface area contributed by atoms with Gasteiger partial charge in [-0.15, -0.1) is 0 Å². The molecule has 0 aliphatic carbocycles. The van der Waals surface area contributed by atoms with Crippen LogP contribution in [-0.2, 0) is 14.8 Å². The second kappa shape index (κ2) is 11.4. The number of unbranched alkanes of at least 4 members (excludes halogenated alkanes) is 1. The highest BCUT2D eigenvalue weighted by molar-refractivity contribution is 9.10. The smallest absolute Gasteiger partial charge is 0.264 e. The average Bonchev–Trinajstić information content (AvgIpc) is 2.73. The zero-order chi connectivity index (χ0) is 21.3. The van der Waals surface area contributed by atoms with E-state index in [0.29, 0.717) is 18.2 Å². The third-order valence-corrected chi connectivity index (χ3v) is 7.18. The molecule has 0 bridgehead atoms. The van der Waals surface area contributed by atoms with E-state index < -0.39 is 10.0 Å². The van der Waals surface area contributed by atoms with Gasteiger partial charge >= 0.3 is 0 Å². The first-order valence-electron chi connectivity index (χ1n) is 9.98. The lowest BCUT2D eigenvalue weighted by Crippen LogP contribution is -2.42. The minimum Gasteiger partial charge on any atom is -0.354 e. The molecule has 1 atom stereocenters. The van der Waals surface area contributed by atoms with Crippen molar-refractivity contribution in [3.8, 4) is 0 Å². The van der Waals surface area contributed by atoms with Gasteiger partial charge in [-0.1, -0.05) is 67.2 Å². The number of hydrogen-bond donors (Lipinski definition) is 1. The number of nitrogens with zero attached hydrogens (tertiary/aromatic N) is 1. The van der Waals surface area contributed by atoms with E-state index in [1.807, 2.05) is 0 Å². The summed E-state index contributed by atoms with van der Waals surface area (Å²) in [5.74, 6) is 0.105. The number of benzene rings is 2. The minimum absolute atomic E-state index is 0.157. The van der Waals surface area contributed by atoms with Crippen LogP contribution in [0.5, 0.6) is 0 Å². The summed E-state index contributed by atoms with van der Waals surface area (Å²) in [5.41, 5.74) is 0.449. The van der Waals surface area contributed by atoms with Gasteiger partial charge in [-0.3, -0.25) is 9.10 Å². The molecule has 0 fully saturated rings. The summed E-state index contributed by atoms with van der Waals surface area (Å²) in [5, 5.41) is 2.92. The van der Waals surface area contributed by atoms with Crippen molar-refractivity contribution < 1.29 is 13.2 Å². The Balaban J connectivity index is 2.20. The van der Waals surface area contributed by atoms with Gasteiger partial charge in [0.15, 0.2) is 0 Å². The third-order valence-electron chi connectivity index (χ3n) is 4.86. The Kier molecular flexibility index (Phi) is 9.17. The van der Waals surface area contributed by atoms with Gasteiger partial charge in [0.1, 0.15) is 6.54 Å². The highest BCUT2D eigenvalue weighted by atomic mass is 79.9. The maximum absolute atomic E-state index is 13.2.